The van der Waals surface area contributed by atoms with Gasteiger partial charge in [-0.1, -0.05) is 0 Å². The second-order valence-corrected chi connectivity index (χ2v) is 1.63. The summed E-state index contributed by atoms with van der Waals surface area (Å²) in [6.45, 7) is -3.89. The minimum absolute atomic E-state index is 0. The third-order valence-corrected chi connectivity index (χ3v) is 0.333. The van der Waals surface area contributed by atoms with E-state index in [2.05, 4.69) is 0 Å². The minimum Gasteiger partial charge on any atom is -0.855 e. The Hall–Kier alpha value is 0.394. The molecule has 0 unspecified atom stereocenters. The molecule has 0 spiro atoms. The Morgan fingerprint density at radius 3 is 0.353 bits per heavy atom. The summed E-state index contributed by atoms with van der Waals surface area (Å²) < 4.78 is 0. The average Bonchev–Trinajstić information content (AvgIpc) is 2.39. The molecule has 0 N–H and O–H groups in total. The van der Waals surface area contributed by atoms with E-state index in [0.29, 0.717) is 0 Å². The van der Waals surface area contributed by atoms with Crippen molar-refractivity contribution in [2.45, 2.75) is 0 Å². The molecule has 0 rings (SSSR count). The second kappa shape index (κ2) is 55.1. The molecule has 8 nitrogen and oxygen atoms in total. The number of rotatable bonds is 4. The third-order valence-electron chi connectivity index (χ3n) is 0.333. The van der Waals surface area contributed by atoms with Crippen LogP contribution in [0.2, 0.25) is 0 Å². The van der Waals surface area contributed by atoms with Gasteiger partial charge in [-0.15, -0.1) is 0 Å². The summed E-state index contributed by atoms with van der Waals surface area (Å²) in [7, 11) is 0. The maximum Gasteiger partial charge on any atom is 4.00 e. The van der Waals surface area contributed by atoms with Crippen LogP contribution in [0.15, 0.2) is 0 Å². The van der Waals surface area contributed by atoms with Gasteiger partial charge in [0.2, 0.25) is 0 Å². The summed E-state index contributed by atoms with van der Waals surface area (Å²) in [6, 6.07) is 0. The van der Waals surface area contributed by atoms with Crippen LogP contribution in [0.3, 0.4) is 0 Å². The first kappa shape index (κ1) is 30.4. The van der Waals surface area contributed by atoms with Gasteiger partial charge in [-0.2, -0.15) is 52.9 Å². The van der Waals surface area contributed by atoms with Gasteiger partial charge in [0.1, 0.15) is 0 Å². The molecule has 104 valence electrons. The van der Waals surface area contributed by atoms with Crippen molar-refractivity contribution in [2.24, 2.45) is 0 Å². The fourth-order valence-electron chi connectivity index (χ4n) is 0. The van der Waals surface area contributed by atoms with E-state index >= 15 is 0 Å². The summed E-state index contributed by atoms with van der Waals surface area (Å²) >= 11 is 0. The van der Waals surface area contributed by atoms with Gasteiger partial charge in [0.15, 0.2) is 0 Å². The fourth-order valence-corrected chi connectivity index (χ4v) is 0. The molecule has 0 aliphatic rings. The van der Waals surface area contributed by atoms with Gasteiger partial charge < -0.3 is 40.9 Å². The van der Waals surface area contributed by atoms with Crippen LogP contribution in [0, 0.1) is 0 Å². The van der Waals surface area contributed by atoms with Crippen LogP contribution in [-0.4, -0.2) is 52.9 Å². The van der Waals surface area contributed by atoms with E-state index in [-0.39, 0.29) is 21.7 Å². The summed E-state index contributed by atoms with van der Waals surface area (Å²) in [4.78, 5) is 0. The quantitative estimate of drug-likeness (QED) is 0.456. The van der Waals surface area contributed by atoms with Gasteiger partial charge in [0.05, 0.1) is 0 Å². The predicted octanol–water partition coefficient (Wildman–Crippen LogP) is -9.17. The Bertz CT molecular complexity index is 45.5. The molecule has 17 heavy (non-hydrogen) atoms. The van der Waals surface area contributed by atoms with Crippen molar-refractivity contribution in [1.82, 2.24) is 0 Å². The first-order chi connectivity index (χ1) is 7.66. The smallest absolute Gasteiger partial charge is 0.855 e. The van der Waals surface area contributed by atoms with Crippen LogP contribution in [-0.2, 0) is 21.7 Å². The molecule has 0 bridgehead atoms. The zero-order valence-corrected chi connectivity index (χ0v) is 11.0. The van der Waals surface area contributed by atoms with Crippen LogP contribution in [0.4, 0.5) is 0 Å². The van der Waals surface area contributed by atoms with Gasteiger partial charge in [-0.3, -0.25) is 0 Å². The molecule has 0 aromatic heterocycles. The third kappa shape index (κ3) is 176. The fraction of sp³-hybridized carbons (Fsp3) is 1.00. The normalized spacial score (nSPS) is 7.06. The van der Waals surface area contributed by atoms with Gasteiger partial charge in [0.25, 0.3) is 0 Å². The number of hydrogen-bond acceptors (Lipinski definition) is 8. The van der Waals surface area contributed by atoms with E-state index in [1.165, 1.54) is 0 Å². The molecule has 0 fully saturated rings. The van der Waals surface area contributed by atoms with Gasteiger partial charge in [-0.25, -0.2) is 0 Å². The van der Waals surface area contributed by atoms with Crippen LogP contribution in [0.25, 0.3) is 0 Å². The molecule has 0 heterocycles. The summed E-state index contributed by atoms with van der Waals surface area (Å²) in [5.74, 6) is 0. The van der Waals surface area contributed by atoms with E-state index in [9.17, 15) is 0 Å². The average molecular weight is 288 g/mol. The Kier molecular flexibility index (Phi) is 98.7. The zero-order chi connectivity index (χ0) is 13.7. The van der Waals surface area contributed by atoms with Crippen molar-refractivity contribution in [2.75, 3.05) is 52.9 Å². The van der Waals surface area contributed by atoms with E-state index in [1.807, 2.05) is 0 Å². The first-order valence-electron chi connectivity index (χ1n) is 4.31. The molecule has 0 aromatic rings. The molecule has 0 atom stereocenters. The zero-order valence-electron chi connectivity index (χ0n) is 9.42. The van der Waals surface area contributed by atoms with Crippen molar-refractivity contribution in [3.63, 3.8) is 0 Å². The molecule has 0 radical (unpaired) electrons. The van der Waals surface area contributed by atoms with Crippen molar-refractivity contribution >= 4 is 0 Å². The molecule has 0 saturated carbocycles. The predicted molar refractivity (Wildman–Crippen MR) is 38.9 cm³/mol. The summed E-state index contributed by atoms with van der Waals surface area (Å²) in [5.41, 5.74) is 0. The maximum atomic E-state index is 8.99. The standard InChI is InChI=1S/4C2H4O2.Ti/c4*3-1-2-4;/h4*1-2H2;/q4*-2;+4. The molecule has 0 aromatic carbocycles. The van der Waals surface area contributed by atoms with Crippen molar-refractivity contribution in [1.29, 1.82) is 0 Å². The van der Waals surface area contributed by atoms with Crippen LogP contribution >= 0.6 is 0 Å². The van der Waals surface area contributed by atoms with Gasteiger partial charge >= 0.3 is 21.7 Å². The first-order valence-corrected chi connectivity index (χ1v) is 4.31. The Labute approximate surface area is 116 Å². The van der Waals surface area contributed by atoms with Crippen molar-refractivity contribution in [3.8, 4) is 0 Å². The topological polar surface area (TPSA) is 184 Å². The molecule has 0 amide bonds. The van der Waals surface area contributed by atoms with Crippen molar-refractivity contribution in [3.05, 3.63) is 0 Å². The Morgan fingerprint density at radius 1 is 0.294 bits per heavy atom. The molecule has 0 aliphatic heterocycles. The van der Waals surface area contributed by atoms with E-state index < -0.39 is 52.9 Å². The SMILES string of the molecule is [O-]CC[O-].[O-]CC[O-].[O-]CC[O-].[O-]CC[O-].[Ti+4]. The number of hydrogen-bond donors (Lipinski definition) is 0. The Balaban J connectivity index is -0.0000000369. The minimum atomic E-state index is -0.486. The van der Waals surface area contributed by atoms with Gasteiger partial charge in [0, 0.05) is 0 Å². The van der Waals surface area contributed by atoms with Crippen molar-refractivity contribution < 1.29 is 62.6 Å². The molecular formula is C8H16O8Ti-4. The van der Waals surface area contributed by atoms with Gasteiger partial charge in [-0.05, 0) is 0 Å². The largest absolute Gasteiger partial charge is 4.00 e. The van der Waals surface area contributed by atoms with Crippen LogP contribution in [0.1, 0.15) is 0 Å². The monoisotopic (exact) mass is 288 g/mol. The van der Waals surface area contributed by atoms with E-state index in [0.717, 1.165) is 0 Å². The molecule has 0 aliphatic carbocycles. The molecule has 9 heteroatoms. The van der Waals surface area contributed by atoms with Crippen LogP contribution < -0.4 is 40.9 Å². The van der Waals surface area contributed by atoms with E-state index in [4.69, 9.17) is 40.9 Å². The van der Waals surface area contributed by atoms with E-state index in [1.54, 1.807) is 0 Å². The maximum absolute atomic E-state index is 8.99. The van der Waals surface area contributed by atoms with Crippen LogP contribution in [0.5, 0.6) is 0 Å². The molecule has 0 saturated heterocycles. The summed E-state index contributed by atoms with van der Waals surface area (Å²) in [6.07, 6.45) is 0. The summed E-state index contributed by atoms with van der Waals surface area (Å²) in [5, 5.41) is 71.9. The molecular weight excluding hydrogens is 272 g/mol. The second-order valence-electron chi connectivity index (χ2n) is 1.63. The Morgan fingerprint density at radius 2 is 0.353 bits per heavy atom.